The number of carbonyl (C=O) groups excluding carboxylic acids is 1. The van der Waals surface area contributed by atoms with Crippen molar-refractivity contribution in [3.8, 4) is 0 Å². The Morgan fingerprint density at radius 3 is 2.28 bits per heavy atom. The fourth-order valence-electron chi connectivity index (χ4n) is 5.09. The first-order valence-electron chi connectivity index (χ1n) is 11.0. The van der Waals surface area contributed by atoms with Crippen molar-refractivity contribution < 1.29 is 44.2 Å². The van der Waals surface area contributed by atoms with E-state index in [0.29, 0.717) is 18.5 Å². The van der Waals surface area contributed by atoms with E-state index in [9.17, 15) is 13.2 Å². The summed E-state index contributed by atoms with van der Waals surface area (Å²) in [5.41, 5.74) is 6.71. The quantitative estimate of drug-likeness (QED) is 0.509. The number of nitrogens with zero attached hydrogens (tertiary/aromatic N) is 4. The van der Waals surface area contributed by atoms with Gasteiger partial charge in [0.15, 0.2) is 0 Å². The molecule has 8 nitrogen and oxygen atoms in total. The Balaban J connectivity index is 0.00000153. The zero-order valence-corrected chi connectivity index (χ0v) is 21.9. The van der Waals surface area contributed by atoms with E-state index in [-0.39, 0.29) is 43.4 Å². The van der Waals surface area contributed by atoms with E-state index in [4.69, 9.17) is 0 Å². The van der Waals surface area contributed by atoms with Crippen LogP contribution >= 0.6 is 0 Å². The number of benzene rings is 1. The molecule has 1 amide bonds. The first-order chi connectivity index (χ1) is 14.8. The standard InChI is InChI=1S/C22H29N5O3S.Na.H/c1-25-9-7-17(8-10-25)27(18-13-23-26(2)14-18)31(29,30)24-22(28)12-21-19-5-3-15(19)11-16-4-6-20(16)21;;/h11,13-14,17H,3-10,12H2,1-2H3,(H,24,28);;/q;+1;-1. The van der Waals surface area contributed by atoms with Gasteiger partial charge < -0.3 is 6.33 Å². The van der Waals surface area contributed by atoms with Crippen molar-refractivity contribution in [2.24, 2.45) is 7.05 Å². The van der Waals surface area contributed by atoms with Crippen LogP contribution in [0.4, 0.5) is 5.69 Å². The van der Waals surface area contributed by atoms with E-state index in [0.717, 1.165) is 44.3 Å². The molecule has 1 aromatic carbocycles. The zero-order chi connectivity index (χ0) is 21.8. The van der Waals surface area contributed by atoms with Gasteiger partial charge in [-0.15, -0.1) is 0 Å². The molecule has 1 N–H and O–H groups in total. The van der Waals surface area contributed by atoms with Crippen molar-refractivity contribution in [2.75, 3.05) is 24.4 Å². The van der Waals surface area contributed by atoms with E-state index in [2.05, 4.69) is 20.8 Å². The molecule has 1 aromatic heterocycles. The maximum Gasteiger partial charge on any atom is 1.00 e. The summed E-state index contributed by atoms with van der Waals surface area (Å²) in [6.45, 7) is 1.63. The van der Waals surface area contributed by atoms with Gasteiger partial charge in [-0.1, -0.05) is 6.07 Å². The van der Waals surface area contributed by atoms with Gasteiger partial charge in [0, 0.05) is 19.3 Å². The van der Waals surface area contributed by atoms with Gasteiger partial charge in [0.2, 0.25) is 5.91 Å². The van der Waals surface area contributed by atoms with Crippen molar-refractivity contribution >= 4 is 21.8 Å². The van der Waals surface area contributed by atoms with Crippen molar-refractivity contribution in [1.29, 1.82) is 0 Å². The van der Waals surface area contributed by atoms with Crippen LogP contribution in [0.2, 0.25) is 0 Å². The summed E-state index contributed by atoms with van der Waals surface area (Å²) in [5.74, 6) is -0.462. The predicted molar refractivity (Wildman–Crippen MR) is 119 cm³/mol. The molecule has 32 heavy (non-hydrogen) atoms. The molecule has 1 saturated heterocycles. The second-order valence-corrected chi connectivity index (χ2v) is 10.6. The summed E-state index contributed by atoms with van der Waals surface area (Å²) in [5, 5.41) is 4.15. The van der Waals surface area contributed by atoms with Gasteiger partial charge in [0.1, 0.15) is 0 Å². The number of likely N-dealkylation sites (tertiary alicyclic amines) is 1. The van der Waals surface area contributed by atoms with Gasteiger partial charge in [-0.05, 0) is 86.5 Å². The van der Waals surface area contributed by atoms with Crippen LogP contribution in [0.15, 0.2) is 18.5 Å². The summed E-state index contributed by atoms with van der Waals surface area (Å²) in [4.78, 5) is 15.1. The molecule has 0 unspecified atom stereocenters. The number of amides is 1. The molecule has 10 heteroatoms. The number of aryl methyl sites for hydroxylation is 3. The van der Waals surface area contributed by atoms with Gasteiger partial charge >= 0.3 is 39.8 Å². The average molecular weight is 468 g/mol. The minimum atomic E-state index is -4.05. The van der Waals surface area contributed by atoms with Gasteiger partial charge in [0.25, 0.3) is 0 Å². The second kappa shape index (κ2) is 9.10. The Labute approximate surface area is 213 Å². The first-order valence-corrected chi connectivity index (χ1v) is 12.4. The van der Waals surface area contributed by atoms with E-state index in [1.54, 1.807) is 24.1 Å². The molecular formula is C22H30N5NaO3S. The van der Waals surface area contributed by atoms with Crippen molar-refractivity contribution in [2.45, 2.75) is 51.0 Å². The third-order valence-electron chi connectivity index (χ3n) is 6.95. The van der Waals surface area contributed by atoms with E-state index < -0.39 is 16.1 Å². The second-order valence-electron chi connectivity index (χ2n) is 9.04. The normalized spacial score (nSPS) is 17.9. The van der Waals surface area contributed by atoms with Crippen LogP contribution in [-0.4, -0.2) is 55.2 Å². The first kappa shape index (κ1) is 23.8. The molecule has 0 spiro atoms. The number of rotatable bonds is 6. The smallest absolute Gasteiger partial charge is 1.00 e. The monoisotopic (exact) mass is 467 g/mol. The van der Waals surface area contributed by atoms with Crippen LogP contribution in [0.25, 0.3) is 0 Å². The van der Waals surface area contributed by atoms with Crippen LogP contribution in [-0.2, 0) is 54.2 Å². The van der Waals surface area contributed by atoms with E-state index >= 15 is 0 Å². The number of hydrogen-bond acceptors (Lipinski definition) is 5. The Morgan fingerprint density at radius 1 is 1.16 bits per heavy atom. The SMILES string of the molecule is CN1CCC(N(c2cnn(C)c2)S(=O)(=O)NC(=O)Cc2c3c(cc4c2CC4)CC3)CC1.[H-].[Na+]. The molecule has 0 atom stereocenters. The summed E-state index contributed by atoms with van der Waals surface area (Å²) >= 11 is 0. The van der Waals surface area contributed by atoms with Crippen molar-refractivity contribution in [3.05, 3.63) is 46.3 Å². The number of nitrogens with one attached hydrogen (secondary N) is 1. The van der Waals surface area contributed by atoms with Gasteiger partial charge in [-0.2, -0.15) is 13.5 Å². The van der Waals surface area contributed by atoms with Gasteiger partial charge in [-0.25, -0.2) is 9.03 Å². The van der Waals surface area contributed by atoms with Crippen LogP contribution in [0.3, 0.4) is 0 Å². The van der Waals surface area contributed by atoms with Crippen LogP contribution < -0.4 is 38.6 Å². The topological polar surface area (TPSA) is 87.5 Å². The molecule has 0 bridgehead atoms. The van der Waals surface area contributed by atoms with Gasteiger partial charge in [-0.3, -0.25) is 9.48 Å². The fourth-order valence-corrected chi connectivity index (χ4v) is 6.52. The molecule has 2 aromatic rings. The summed E-state index contributed by atoms with van der Waals surface area (Å²) in [6, 6.07) is 2.06. The van der Waals surface area contributed by atoms with Crippen LogP contribution in [0.1, 0.15) is 42.1 Å². The largest absolute Gasteiger partial charge is 1.00 e. The van der Waals surface area contributed by atoms with Crippen LogP contribution in [0, 0.1) is 0 Å². The molecule has 168 valence electrons. The molecule has 0 radical (unpaired) electrons. The number of fused-ring (bicyclic) bond motifs is 2. The molecule has 0 saturated carbocycles. The molecule has 1 fully saturated rings. The zero-order valence-electron chi connectivity index (χ0n) is 20.1. The fraction of sp³-hybridized carbons (Fsp3) is 0.545. The molecule has 5 rings (SSSR count). The summed E-state index contributed by atoms with van der Waals surface area (Å²) in [7, 11) is -0.256. The minimum Gasteiger partial charge on any atom is -1.00 e. The third-order valence-corrected chi connectivity index (χ3v) is 8.46. The summed E-state index contributed by atoms with van der Waals surface area (Å²) in [6.07, 6.45) is 8.85. The van der Waals surface area contributed by atoms with E-state index in [1.165, 1.54) is 26.6 Å². The van der Waals surface area contributed by atoms with Crippen LogP contribution in [0.5, 0.6) is 0 Å². The van der Waals surface area contributed by atoms with E-state index in [1.807, 2.05) is 7.05 Å². The third kappa shape index (κ3) is 4.37. The molecule has 3 aliphatic rings. The molecule has 1 aliphatic heterocycles. The number of carbonyl (C=O) groups is 1. The maximum absolute atomic E-state index is 13.4. The van der Waals surface area contributed by atoms with Gasteiger partial charge in [0.05, 0.1) is 18.3 Å². The van der Waals surface area contributed by atoms with Crippen molar-refractivity contribution in [1.82, 2.24) is 19.4 Å². The summed E-state index contributed by atoms with van der Waals surface area (Å²) < 4.78 is 32.1. The Hall–Kier alpha value is -1.39. The number of piperidine rings is 1. The number of anilines is 1. The molecule has 2 heterocycles. The Bertz CT molecular complexity index is 1110. The Morgan fingerprint density at radius 2 is 1.78 bits per heavy atom. The number of aromatic nitrogens is 2. The predicted octanol–water partition coefficient (Wildman–Crippen LogP) is -1.76. The van der Waals surface area contributed by atoms with Crippen molar-refractivity contribution in [3.63, 3.8) is 0 Å². The molecular weight excluding hydrogens is 437 g/mol. The maximum atomic E-state index is 13.4. The molecule has 2 aliphatic carbocycles. The minimum absolute atomic E-state index is 0. The average Bonchev–Trinajstić information content (AvgIpc) is 3.05. The number of hydrogen-bond donors (Lipinski definition) is 1. The Kier molecular flexibility index (Phi) is 6.76.